The highest BCUT2D eigenvalue weighted by molar-refractivity contribution is 7.89. The van der Waals surface area contributed by atoms with Gasteiger partial charge in [0.25, 0.3) is 5.71 Å². The van der Waals surface area contributed by atoms with Crippen molar-refractivity contribution in [2.75, 3.05) is 13.1 Å². The van der Waals surface area contributed by atoms with Crippen LogP contribution in [0, 0.1) is 5.92 Å². The molecule has 7 nitrogen and oxygen atoms in total. The smallest absolute Gasteiger partial charge is 0.258 e. The number of nitrogens with one attached hydrogen (secondary N) is 2. The molecule has 9 heteroatoms. The second-order valence-electron chi connectivity index (χ2n) is 5.70. The number of rotatable bonds is 4. The molecule has 0 aromatic carbocycles. The maximum absolute atomic E-state index is 12.6. The number of pyridine rings is 1. The molecule has 128 valence electrons. The molecule has 1 fully saturated rings. The first-order valence-corrected chi connectivity index (χ1v) is 8.97. The maximum Gasteiger partial charge on any atom is 0.258 e. The van der Waals surface area contributed by atoms with Crippen molar-refractivity contribution in [1.82, 2.24) is 20.2 Å². The number of nitrogens with zero attached hydrogens (tertiary/aromatic N) is 2. The van der Waals surface area contributed by atoms with E-state index in [1.54, 1.807) is 6.07 Å². The Balaban J connectivity index is 0.00000192. The van der Waals surface area contributed by atoms with Gasteiger partial charge in [-0.3, -0.25) is 0 Å². The van der Waals surface area contributed by atoms with E-state index in [1.165, 1.54) is 6.20 Å². The summed E-state index contributed by atoms with van der Waals surface area (Å²) in [5.41, 5.74) is 1.08. The van der Waals surface area contributed by atoms with Crippen LogP contribution in [0.5, 0.6) is 0 Å². The largest absolute Gasteiger partial charge is 0.336 e. The van der Waals surface area contributed by atoms with Crippen LogP contribution in [0.3, 0.4) is 0 Å². The monoisotopic (exact) mass is 360 g/mol. The zero-order valence-electron chi connectivity index (χ0n) is 13.1. The van der Waals surface area contributed by atoms with E-state index in [2.05, 4.69) is 20.2 Å². The number of hydrogen-bond donors (Lipinski definition) is 2. The number of hydrogen-bond acceptors (Lipinski definition) is 6. The molecule has 2 aromatic rings. The summed E-state index contributed by atoms with van der Waals surface area (Å²) in [5, 5.41) is 7.82. The fourth-order valence-electron chi connectivity index (χ4n) is 2.72. The van der Waals surface area contributed by atoms with Gasteiger partial charge in [0, 0.05) is 6.04 Å². The molecule has 1 aliphatic rings. The van der Waals surface area contributed by atoms with Crippen molar-refractivity contribution >= 4 is 33.5 Å². The number of sulfonamides is 1. The van der Waals surface area contributed by atoms with E-state index >= 15 is 0 Å². The molecule has 0 amide bonds. The molecule has 0 radical (unpaired) electrons. The Bertz CT molecular complexity index is 777. The van der Waals surface area contributed by atoms with Crippen LogP contribution >= 0.6 is 12.4 Å². The fraction of sp³-hybridized carbons (Fsp3) is 0.571. The first kappa shape index (κ1) is 18.1. The molecule has 1 saturated heterocycles. The molecule has 23 heavy (non-hydrogen) atoms. The van der Waals surface area contributed by atoms with E-state index in [0.717, 1.165) is 25.2 Å². The van der Waals surface area contributed by atoms with Gasteiger partial charge >= 0.3 is 0 Å². The summed E-state index contributed by atoms with van der Waals surface area (Å²) in [4.78, 5) is 4.22. The highest BCUT2D eigenvalue weighted by atomic mass is 35.5. The summed E-state index contributed by atoms with van der Waals surface area (Å²) >= 11 is 0. The normalized spacial score (nSPS) is 22.0. The van der Waals surface area contributed by atoms with Crippen molar-refractivity contribution in [2.24, 2.45) is 5.92 Å². The Morgan fingerprint density at radius 3 is 2.96 bits per heavy atom. The van der Waals surface area contributed by atoms with Crippen molar-refractivity contribution < 1.29 is 12.9 Å². The first-order chi connectivity index (χ1) is 10.5. The van der Waals surface area contributed by atoms with Gasteiger partial charge in [0.1, 0.15) is 4.90 Å². The zero-order valence-corrected chi connectivity index (χ0v) is 14.7. The average molecular weight is 361 g/mol. The average Bonchev–Trinajstić information content (AvgIpc) is 2.91. The van der Waals surface area contributed by atoms with Crippen LogP contribution in [0.25, 0.3) is 11.1 Å². The van der Waals surface area contributed by atoms with Gasteiger partial charge in [-0.25, -0.2) is 18.1 Å². The number of halogens is 1. The Kier molecular flexibility index (Phi) is 5.61. The lowest BCUT2D eigenvalue weighted by atomic mass is 9.97. The van der Waals surface area contributed by atoms with Gasteiger partial charge in [0.05, 0.1) is 17.3 Å². The van der Waals surface area contributed by atoms with Crippen LogP contribution < -0.4 is 10.0 Å². The van der Waals surface area contributed by atoms with Crippen LogP contribution in [0.2, 0.25) is 0 Å². The quantitative estimate of drug-likeness (QED) is 0.857. The molecule has 1 aliphatic heterocycles. The van der Waals surface area contributed by atoms with Gasteiger partial charge in [-0.1, -0.05) is 19.0 Å². The van der Waals surface area contributed by atoms with Gasteiger partial charge in [-0.15, -0.1) is 12.4 Å². The molecule has 3 heterocycles. The van der Waals surface area contributed by atoms with Crippen molar-refractivity contribution in [3.63, 3.8) is 0 Å². The van der Waals surface area contributed by atoms with Crippen LogP contribution in [-0.2, 0) is 16.4 Å². The van der Waals surface area contributed by atoms with Crippen molar-refractivity contribution in [1.29, 1.82) is 0 Å². The molecular formula is C14H21ClN4O3S. The van der Waals surface area contributed by atoms with E-state index in [0.29, 0.717) is 17.5 Å². The third-order valence-corrected chi connectivity index (χ3v) is 5.57. The molecule has 0 saturated carbocycles. The number of aryl methyl sites for hydroxylation is 1. The van der Waals surface area contributed by atoms with E-state index < -0.39 is 10.0 Å². The molecule has 3 rings (SSSR count). The molecule has 0 aliphatic carbocycles. The maximum atomic E-state index is 12.6. The number of piperidine rings is 1. The minimum atomic E-state index is -3.60. The van der Waals surface area contributed by atoms with Crippen molar-refractivity contribution in [3.8, 4) is 0 Å². The van der Waals surface area contributed by atoms with E-state index in [1.807, 2.05) is 13.8 Å². The second kappa shape index (κ2) is 7.12. The number of fused-ring (bicyclic) bond motifs is 1. The molecule has 2 atom stereocenters. The van der Waals surface area contributed by atoms with Crippen LogP contribution in [0.15, 0.2) is 21.7 Å². The summed E-state index contributed by atoms with van der Waals surface area (Å²) < 4.78 is 33.1. The van der Waals surface area contributed by atoms with E-state index in [-0.39, 0.29) is 29.3 Å². The SMILES string of the molecule is CCc1noc2ncc(S(=O)(=O)NC3CCNCC3C)cc12.Cl. The van der Waals surface area contributed by atoms with E-state index in [9.17, 15) is 8.42 Å². The van der Waals surface area contributed by atoms with Gasteiger partial charge in [-0.05, 0) is 37.9 Å². The number of aromatic nitrogens is 2. The lowest BCUT2D eigenvalue weighted by Gasteiger charge is -2.29. The van der Waals surface area contributed by atoms with Crippen LogP contribution in [-0.4, -0.2) is 37.7 Å². The Morgan fingerprint density at radius 1 is 1.48 bits per heavy atom. The summed E-state index contributed by atoms with van der Waals surface area (Å²) in [7, 11) is -3.60. The highest BCUT2D eigenvalue weighted by Gasteiger charge is 2.27. The van der Waals surface area contributed by atoms with Gasteiger partial charge in [-0.2, -0.15) is 0 Å². The minimum absolute atomic E-state index is 0. The van der Waals surface area contributed by atoms with Crippen LogP contribution in [0.4, 0.5) is 0 Å². The van der Waals surface area contributed by atoms with Gasteiger partial charge < -0.3 is 9.84 Å². The van der Waals surface area contributed by atoms with Gasteiger partial charge in [0.15, 0.2) is 0 Å². The predicted octanol–water partition coefficient (Wildman–Crippen LogP) is 1.48. The lowest BCUT2D eigenvalue weighted by Crippen LogP contribution is -2.48. The minimum Gasteiger partial charge on any atom is -0.336 e. The fourth-order valence-corrected chi connectivity index (χ4v) is 4.07. The zero-order chi connectivity index (χ0) is 15.7. The molecule has 2 aromatic heterocycles. The first-order valence-electron chi connectivity index (χ1n) is 7.48. The highest BCUT2D eigenvalue weighted by Crippen LogP contribution is 2.21. The molecule has 0 bridgehead atoms. The van der Waals surface area contributed by atoms with Crippen LogP contribution in [0.1, 0.15) is 26.0 Å². The van der Waals surface area contributed by atoms with Gasteiger partial charge in [0.2, 0.25) is 10.0 Å². The Labute approximate surface area is 141 Å². The summed E-state index contributed by atoms with van der Waals surface area (Å²) in [6, 6.07) is 1.53. The summed E-state index contributed by atoms with van der Waals surface area (Å²) in [5.74, 6) is 0.252. The Morgan fingerprint density at radius 2 is 2.26 bits per heavy atom. The second-order valence-corrected chi connectivity index (χ2v) is 7.42. The third kappa shape index (κ3) is 3.65. The predicted molar refractivity (Wildman–Crippen MR) is 89.2 cm³/mol. The lowest BCUT2D eigenvalue weighted by molar-refractivity contribution is 0.328. The Hall–Kier alpha value is -1.22. The van der Waals surface area contributed by atoms with Crippen molar-refractivity contribution in [3.05, 3.63) is 18.0 Å². The van der Waals surface area contributed by atoms with E-state index in [4.69, 9.17) is 4.52 Å². The summed E-state index contributed by atoms with van der Waals surface area (Å²) in [6.07, 6.45) is 2.77. The standard InChI is InChI=1S/C14H20N4O3S.ClH/c1-3-12-11-6-10(8-16-14(11)21-17-12)22(19,20)18-13-4-5-15-7-9(13)2;/h6,8-9,13,15,18H,3-5,7H2,1-2H3;1H. The molecule has 2 unspecified atom stereocenters. The van der Waals surface area contributed by atoms with Crippen molar-refractivity contribution in [2.45, 2.75) is 37.6 Å². The molecule has 0 spiro atoms. The molecule has 2 N–H and O–H groups in total. The third-order valence-electron chi connectivity index (χ3n) is 4.12. The summed E-state index contributed by atoms with van der Waals surface area (Å²) in [6.45, 7) is 5.61. The molecular weight excluding hydrogens is 340 g/mol. The topological polar surface area (TPSA) is 97.1 Å².